The molecule has 0 radical (unpaired) electrons. The standard InChI is InChI=1S/C17H16Cl2N2O2/c1-2-11-3-6-13(7-4-11)21-16(22)10-20-17(23)14-8-5-12(18)9-15(14)19/h3-9H,2,10H2,1H3,(H,20,23)(H,21,22). The summed E-state index contributed by atoms with van der Waals surface area (Å²) in [5.74, 6) is -0.740. The zero-order valence-corrected chi connectivity index (χ0v) is 14.0. The summed E-state index contributed by atoms with van der Waals surface area (Å²) in [6.07, 6.45) is 0.937. The van der Waals surface area contributed by atoms with Crippen molar-refractivity contribution in [2.24, 2.45) is 0 Å². The number of hydrogen-bond acceptors (Lipinski definition) is 2. The van der Waals surface area contributed by atoms with Crippen molar-refractivity contribution < 1.29 is 9.59 Å². The lowest BCUT2D eigenvalue weighted by molar-refractivity contribution is -0.115. The molecule has 0 bridgehead atoms. The Kier molecular flexibility index (Phi) is 6.02. The summed E-state index contributed by atoms with van der Waals surface area (Å²) in [5.41, 5.74) is 2.15. The lowest BCUT2D eigenvalue weighted by Crippen LogP contribution is -2.33. The van der Waals surface area contributed by atoms with Gasteiger partial charge in [-0.2, -0.15) is 0 Å². The maximum Gasteiger partial charge on any atom is 0.253 e. The van der Waals surface area contributed by atoms with Gasteiger partial charge in [0.2, 0.25) is 5.91 Å². The number of rotatable bonds is 5. The highest BCUT2D eigenvalue weighted by atomic mass is 35.5. The van der Waals surface area contributed by atoms with Crippen molar-refractivity contribution in [2.75, 3.05) is 11.9 Å². The van der Waals surface area contributed by atoms with Crippen molar-refractivity contribution >= 4 is 40.7 Å². The predicted molar refractivity (Wildman–Crippen MR) is 93.2 cm³/mol. The molecular formula is C17H16Cl2N2O2. The summed E-state index contributed by atoms with van der Waals surface area (Å²) in [4.78, 5) is 23.9. The van der Waals surface area contributed by atoms with Gasteiger partial charge < -0.3 is 10.6 Å². The van der Waals surface area contributed by atoms with Crippen LogP contribution in [0.4, 0.5) is 5.69 Å². The normalized spacial score (nSPS) is 10.2. The van der Waals surface area contributed by atoms with E-state index in [4.69, 9.17) is 23.2 Å². The highest BCUT2D eigenvalue weighted by Crippen LogP contribution is 2.20. The molecule has 2 N–H and O–H groups in total. The first-order valence-electron chi connectivity index (χ1n) is 7.11. The van der Waals surface area contributed by atoms with Crippen LogP contribution in [-0.4, -0.2) is 18.4 Å². The van der Waals surface area contributed by atoms with E-state index >= 15 is 0 Å². The van der Waals surface area contributed by atoms with Crippen LogP contribution >= 0.6 is 23.2 Å². The average molecular weight is 351 g/mol. The van der Waals surface area contributed by atoms with Gasteiger partial charge in [-0.05, 0) is 42.3 Å². The van der Waals surface area contributed by atoms with Gasteiger partial charge in [0.1, 0.15) is 0 Å². The third-order valence-corrected chi connectivity index (χ3v) is 3.78. The molecule has 23 heavy (non-hydrogen) atoms. The quantitative estimate of drug-likeness (QED) is 0.858. The second kappa shape index (κ2) is 7.99. The highest BCUT2D eigenvalue weighted by molar-refractivity contribution is 6.36. The van der Waals surface area contributed by atoms with Crippen LogP contribution in [0.15, 0.2) is 42.5 Å². The average Bonchev–Trinajstić information content (AvgIpc) is 2.53. The minimum absolute atomic E-state index is 0.146. The lowest BCUT2D eigenvalue weighted by Gasteiger charge is -2.08. The zero-order chi connectivity index (χ0) is 16.8. The SMILES string of the molecule is CCc1ccc(NC(=O)CNC(=O)c2ccc(Cl)cc2Cl)cc1. The molecule has 0 aromatic heterocycles. The molecule has 0 aliphatic carbocycles. The highest BCUT2D eigenvalue weighted by Gasteiger charge is 2.12. The molecule has 6 heteroatoms. The van der Waals surface area contributed by atoms with Gasteiger partial charge in [0.05, 0.1) is 17.1 Å². The Morgan fingerprint density at radius 2 is 1.74 bits per heavy atom. The van der Waals surface area contributed by atoms with Crippen molar-refractivity contribution in [1.29, 1.82) is 0 Å². The molecular weight excluding hydrogens is 335 g/mol. The number of benzene rings is 2. The largest absolute Gasteiger partial charge is 0.343 e. The Morgan fingerprint density at radius 1 is 1.04 bits per heavy atom. The first-order chi connectivity index (χ1) is 11.0. The minimum atomic E-state index is -0.428. The van der Waals surface area contributed by atoms with Crippen LogP contribution in [0.3, 0.4) is 0 Å². The van der Waals surface area contributed by atoms with E-state index in [1.165, 1.54) is 17.7 Å². The predicted octanol–water partition coefficient (Wildman–Crippen LogP) is 3.92. The van der Waals surface area contributed by atoms with Crippen molar-refractivity contribution in [2.45, 2.75) is 13.3 Å². The van der Waals surface area contributed by atoms with Crippen LogP contribution in [0.25, 0.3) is 0 Å². The molecule has 0 saturated carbocycles. The number of anilines is 1. The second-order valence-electron chi connectivity index (χ2n) is 4.91. The van der Waals surface area contributed by atoms with E-state index < -0.39 is 5.91 Å². The Labute approximate surface area is 144 Å². The Bertz CT molecular complexity index is 715. The molecule has 0 heterocycles. The number of halogens is 2. The van der Waals surface area contributed by atoms with Gasteiger partial charge >= 0.3 is 0 Å². The Balaban J connectivity index is 1.89. The van der Waals surface area contributed by atoms with Gasteiger partial charge in [-0.15, -0.1) is 0 Å². The van der Waals surface area contributed by atoms with E-state index in [0.717, 1.165) is 6.42 Å². The molecule has 0 spiro atoms. The van der Waals surface area contributed by atoms with Gasteiger partial charge in [-0.25, -0.2) is 0 Å². The fourth-order valence-corrected chi connectivity index (χ4v) is 2.45. The van der Waals surface area contributed by atoms with Crippen LogP contribution < -0.4 is 10.6 Å². The fourth-order valence-electron chi connectivity index (χ4n) is 1.96. The van der Waals surface area contributed by atoms with Gasteiger partial charge in [-0.1, -0.05) is 42.3 Å². The number of carbonyl (C=O) groups excluding carboxylic acids is 2. The number of nitrogens with one attached hydrogen (secondary N) is 2. The molecule has 0 unspecified atom stereocenters. The third-order valence-electron chi connectivity index (χ3n) is 3.23. The zero-order valence-electron chi connectivity index (χ0n) is 12.5. The van der Waals surface area contributed by atoms with Crippen molar-refractivity contribution in [3.8, 4) is 0 Å². The first kappa shape index (κ1) is 17.3. The lowest BCUT2D eigenvalue weighted by atomic mass is 10.1. The molecule has 0 fully saturated rings. The molecule has 0 aliphatic heterocycles. The molecule has 0 aliphatic rings. The van der Waals surface area contributed by atoms with Gasteiger partial charge in [0.15, 0.2) is 0 Å². The molecule has 120 valence electrons. The number of amides is 2. The van der Waals surface area contributed by atoms with Crippen molar-refractivity contribution in [3.05, 3.63) is 63.6 Å². The molecule has 4 nitrogen and oxygen atoms in total. The van der Waals surface area contributed by atoms with Crippen LogP contribution in [0.1, 0.15) is 22.8 Å². The summed E-state index contributed by atoms with van der Waals surface area (Å²) in [5, 5.41) is 5.92. The summed E-state index contributed by atoms with van der Waals surface area (Å²) in [6, 6.07) is 12.1. The summed E-state index contributed by atoms with van der Waals surface area (Å²) >= 11 is 11.7. The summed E-state index contributed by atoms with van der Waals surface area (Å²) < 4.78 is 0. The van der Waals surface area contributed by atoms with Gasteiger partial charge in [0.25, 0.3) is 5.91 Å². The van der Waals surface area contributed by atoms with E-state index in [-0.39, 0.29) is 23.0 Å². The molecule has 0 saturated heterocycles. The number of hydrogen-bond donors (Lipinski definition) is 2. The van der Waals surface area contributed by atoms with E-state index in [2.05, 4.69) is 17.6 Å². The number of carbonyl (C=O) groups is 2. The number of aryl methyl sites for hydroxylation is 1. The van der Waals surface area contributed by atoms with Crippen molar-refractivity contribution in [1.82, 2.24) is 5.32 Å². The van der Waals surface area contributed by atoms with Crippen LogP contribution in [0, 0.1) is 0 Å². The van der Waals surface area contributed by atoms with Crippen LogP contribution in [0.2, 0.25) is 10.0 Å². The molecule has 0 atom stereocenters. The van der Waals surface area contributed by atoms with Gasteiger partial charge in [0, 0.05) is 10.7 Å². The smallest absolute Gasteiger partial charge is 0.253 e. The van der Waals surface area contributed by atoms with E-state index in [0.29, 0.717) is 10.7 Å². The third kappa shape index (κ3) is 4.98. The fraction of sp³-hybridized carbons (Fsp3) is 0.176. The van der Waals surface area contributed by atoms with Gasteiger partial charge in [-0.3, -0.25) is 9.59 Å². The minimum Gasteiger partial charge on any atom is -0.343 e. The monoisotopic (exact) mass is 350 g/mol. The summed E-state index contributed by atoms with van der Waals surface area (Å²) in [6.45, 7) is 1.92. The maximum atomic E-state index is 12.0. The second-order valence-corrected chi connectivity index (χ2v) is 5.75. The molecule has 2 aromatic carbocycles. The van der Waals surface area contributed by atoms with Crippen molar-refractivity contribution in [3.63, 3.8) is 0 Å². The molecule has 2 amide bonds. The Morgan fingerprint density at radius 3 is 2.35 bits per heavy atom. The topological polar surface area (TPSA) is 58.2 Å². The van der Waals surface area contributed by atoms with E-state index in [1.807, 2.05) is 24.3 Å². The maximum absolute atomic E-state index is 12.0. The van der Waals surface area contributed by atoms with E-state index in [9.17, 15) is 9.59 Å². The Hall–Kier alpha value is -2.04. The molecule has 2 rings (SSSR count). The van der Waals surface area contributed by atoms with Crippen LogP contribution in [-0.2, 0) is 11.2 Å². The van der Waals surface area contributed by atoms with E-state index in [1.54, 1.807) is 6.07 Å². The van der Waals surface area contributed by atoms with Crippen LogP contribution in [0.5, 0.6) is 0 Å². The first-order valence-corrected chi connectivity index (χ1v) is 7.87. The molecule has 2 aromatic rings. The summed E-state index contributed by atoms with van der Waals surface area (Å²) in [7, 11) is 0.